The number of likely N-dealkylation sites (tertiary alicyclic amines) is 1. The molecular weight excluding hydrogens is 805 g/mol. The molecule has 0 aromatic heterocycles. The summed E-state index contributed by atoms with van der Waals surface area (Å²) in [6.45, 7) is 6.35. The summed E-state index contributed by atoms with van der Waals surface area (Å²) in [5, 5.41) is 5.41. The van der Waals surface area contributed by atoms with Crippen molar-refractivity contribution in [3.8, 4) is 0 Å². The van der Waals surface area contributed by atoms with E-state index in [2.05, 4.69) is 10.6 Å². The summed E-state index contributed by atoms with van der Waals surface area (Å²) in [4.78, 5) is 108. The Morgan fingerprint density at radius 3 is 2.03 bits per heavy atom. The van der Waals surface area contributed by atoms with Gasteiger partial charge in [-0.2, -0.15) is 0 Å². The van der Waals surface area contributed by atoms with Gasteiger partial charge in [-0.25, -0.2) is 0 Å². The normalized spacial score (nSPS) is 16.1. The molecule has 338 valence electrons. The predicted octanol–water partition coefficient (Wildman–Crippen LogP) is 5.15. The van der Waals surface area contributed by atoms with E-state index >= 15 is 0 Å². The number of hydrogen-bond donors (Lipinski definition) is 3. The van der Waals surface area contributed by atoms with Gasteiger partial charge in [0, 0.05) is 50.6 Å². The lowest BCUT2D eigenvalue weighted by Crippen LogP contribution is -2.45. The van der Waals surface area contributed by atoms with Crippen LogP contribution in [-0.2, 0) is 60.9 Å². The predicted molar refractivity (Wildman–Crippen MR) is 235 cm³/mol. The van der Waals surface area contributed by atoms with E-state index in [1.54, 1.807) is 30.3 Å². The molecule has 5 atom stereocenters. The molecule has 14 heteroatoms. The number of hydrogen-bond acceptors (Lipinski definition) is 10. The Kier molecular flexibility index (Phi) is 20.3. The number of nitrogens with one attached hydrogen (secondary N) is 2. The Labute approximate surface area is 370 Å². The number of ketones is 3. The highest BCUT2D eigenvalue weighted by atomic mass is 16.5. The molecule has 3 aromatic carbocycles. The second-order valence-corrected chi connectivity index (χ2v) is 16.6. The van der Waals surface area contributed by atoms with Crippen LogP contribution >= 0.6 is 0 Å². The molecule has 1 aliphatic heterocycles. The molecule has 0 aliphatic carbocycles. The van der Waals surface area contributed by atoms with Gasteiger partial charge in [0.2, 0.25) is 29.4 Å². The Morgan fingerprint density at radius 1 is 0.778 bits per heavy atom. The lowest BCUT2D eigenvalue weighted by Gasteiger charge is -2.28. The van der Waals surface area contributed by atoms with Crippen LogP contribution in [0, 0.1) is 17.8 Å². The van der Waals surface area contributed by atoms with Crippen LogP contribution in [0.4, 0.5) is 0 Å². The third-order valence-corrected chi connectivity index (χ3v) is 10.9. The van der Waals surface area contributed by atoms with Crippen LogP contribution in [0.1, 0.15) is 101 Å². The van der Waals surface area contributed by atoms with Crippen molar-refractivity contribution in [3.63, 3.8) is 0 Å². The molecule has 1 aliphatic rings. The van der Waals surface area contributed by atoms with Crippen LogP contribution < -0.4 is 16.4 Å². The number of benzene rings is 3. The van der Waals surface area contributed by atoms with Crippen molar-refractivity contribution in [2.24, 2.45) is 23.5 Å². The molecule has 0 spiro atoms. The maximum atomic E-state index is 14.6. The third kappa shape index (κ3) is 16.6. The van der Waals surface area contributed by atoms with Gasteiger partial charge in [-0.3, -0.25) is 38.4 Å². The first-order chi connectivity index (χ1) is 30.2. The van der Waals surface area contributed by atoms with E-state index in [9.17, 15) is 38.4 Å². The number of carbonyl (C=O) groups excluding carboxylic acids is 8. The number of ether oxygens (including phenoxy) is 2. The van der Waals surface area contributed by atoms with Gasteiger partial charge in [0.25, 0.3) is 0 Å². The van der Waals surface area contributed by atoms with E-state index in [4.69, 9.17) is 15.2 Å². The second kappa shape index (κ2) is 25.8. The fraction of sp³-hybridized carbons (Fsp3) is 0.469. The Hall–Kier alpha value is -6.02. The fourth-order valence-electron chi connectivity index (χ4n) is 7.57. The van der Waals surface area contributed by atoms with Gasteiger partial charge in [0.05, 0.1) is 38.2 Å². The lowest BCUT2D eigenvalue weighted by molar-refractivity contribution is -0.151. The van der Waals surface area contributed by atoms with E-state index in [1.165, 1.54) is 4.90 Å². The molecule has 3 aromatic rings. The molecule has 1 fully saturated rings. The Bertz CT molecular complexity index is 1990. The van der Waals surface area contributed by atoms with Gasteiger partial charge >= 0.3 is 5.97 Å². The van der Waals surface area contributed by atoms with Crippen LogP contribution in [0.5, 0.6) is 0 Å². The number of esters is 1. The van der Waals surface area contributed by atoms with Gasteiger partial charge in [0.1, 0.15) is 6.04 Å². The summed E-state index contributed by atoms with van der Waals surface area (Å²) in [5.41, 5.74) is 7.74. The maximum absolute atomic E-state index is 14.6. The molecule has 0 saturated carbocycles. The molecule has 4 N–H and O–H groups in total. The topological polar surface area (TPSA) is 208 Å². The van der Waals surface area contributed by atoms with E-state index in [0.717, 1.165) is 11.1 Å². The smallest absolute Gasteiger partial charge is 0.306 e. The van der Waals surface area contributed by atoms with Crippen molar-refractivity contribution in [2.45, 2.75) is 110 Å². The number of Topliss-reactive ketones (excluding diaryl/α,β-unsaturated/α-hetero) is 3. The largest absolute Gasteiger partial charge is 0.465 e. The van der Waals surface area contributed by atoms with Crippen molar-refractivity contribution in [2.75, 3.05) is 19.7 Å². The minimum atomic E-state index is -1.12. The summed E-state index contributed by atoms with van der Waals surface area (Å²) in [5.74, 6) is -6.46. The van der Waals surface area contributed by atoms with Crippen molar-refractivity contribution in [1.82, 2.24) is 15.5 Å². The van der Waals surface area contributed by atoms with Crippen molar-refractivity contribution < 1.29 is 47.8 Å². The Balaban J connectivity index is 1.47. The zero-order valence-corrected chi connectivity index (χ0v) is 36.6. The highest BCUT2D eigenvalue weighted by Crippen LogP contribution is 2.29. The molecule has 4 rings (SSSR count). The zero-order chi connectivity index (χ0) is 45.7. The molecule has 63 heavy (non-hydrogen) atoms. The number of primary amides is 1. The second-order valence-electron chi connectivity index (χ2n) is 16.6. The molecular formula is C49H62N4O10. The average Bonchev–Trinajstić information content (AvgIpc) is 3.71. The number of nitrogens with zero attached hydrogens (tertiary/aromatic N) is 1. The molecule has 0 radical (unpaired) electrons. The van der Waals surface area contributed by atoms with E-state index in [0.29, 0.717) is 18.4 Å². The number of carbonyl (C=O) groups is 8. The molecule has 4 amide bonds. The monoisotopic (exact) mass is 866 g/mol. The number of amides is 4. The zero-order valence-electron chi connectivity index (χ0n) is 36.6. The highest BCUT2D eigenvalue weighted by Gasteiger charge is 2.43. The SMILES string of the molecule is CCCC(CC(=O)[C@@H]1C[C@@H](OCc2ccccc2)CN1C(=O)[C@H](CCCNC(=O)Cc1ccccc1)CC(=O)OCC(C)C)C(=O)C(=O)CCC(=O)N[C@H](C(N)=O)c1ccccc1. The molecule has 14 nitrogen and oxygen atoms in total. The molecule has 1 unspecified atom stereocenters. The highest BCUT2D eigenvalue weighted by molar-refractivity contribution is 6.38. The first-order valence-corrected chi connectivity index (χ1v) is 21.9. The fourth-order valence-corrected chi connectivity index (χ4v) is 7.57. The minimum absolute atomic E-state index is 0.0587. The van der Waals surface area contributed by atoms with Gasteiger partial charge in [-0.15, -0.1) is 0 Å². The maximum Gasteiger partial charge on any atom is 0.306 e. The van der Waals surface area contributed by atoms with Crippen molar-refractivity contribution in [3.05, 3.63) is 108 Å². The van der Waals surface area contributed by atoms with Crippen molar-refractivity contribution >= 4 is 46.9 Å². The first-order valence-electron chi connectivity index (χ1n) is 21.9. The van der Waals surface area contributed by atoms with Crippen LogP contribution in [-0.4, -0.2) is 83.7 Å². The number of rotatable bonds is 27. The summed E-state index contributed by atoms with van der Waals surface area (Å²) in [6, 6.07) is 25.0. The average molecular weight is 867 g/mol. The van der Waals surface area contributed by atoms with Crippen LogP contribution in [0.15, 0.2) is 91.0 Å². The quantitative estimate of drug-likeness (QED) is 0.0522. The standard InChI is InChI=1S/C49H62N4O10/c1-4-15-37(47(59)41(54)23-24-43(56)52-46(48(50)60)36-20-12-7-13-21-36)27-42(55)40-29-39(62-32-35-18-10-6-11-19-35)30-53(40)49(61)38(28-45(58)63-31-33(2)3)22-14-25-51-44(57)26-34-16-8-5-9-17-34/h5-13,16-21,33,37-40,46H,4,14-15,22-32H2,1-3H3,(H2,50,60)(H,51,57)(H,52,56)/t37?,38-,39-,40+,46+/m1/s1. The van der Waals surface area contributed by atoms with Crippen LogP contribution in [0.2, 0.25) is 0 Å². The lowest BCUT2D eigenvalue weighted by atomic mass is 9.87. The molecule has 1 saturated heterocycles. The summed E-state index contributed by atoms with van der Waals surface area (Å²) >= 11 is 0. The number of nitrogens with two attached hydrogens (primary N) is 1. The third-order valence-electron chi connectivity index (χ3n) is 10.9. The summed E-state index contributed by atoms with van der Waals surface area (Å²) in [6.07, 6.45) is -0.297. The van der Waals surface area contributed by atoms with Crippen molar-refractivity contribution in [1.29, 1.82) is 0 Å². The summed E-state index contributed by atoms with van der Waals surface area (Å²) in [7, 11) is 0. The van der Waals surface area contributed by atoms with Gasteiger partial charge in [-0.05, 0) is 41.9 Å². The minimum Gasteiger partial charge on any atom is -0.465 e. The Morgan fingerprint density at radius 2 is 1.41 bits per heavy atom. The summed E-state index contributed by atoms with van der Waals surface area (Å²) < 4.78 is 11.7. The van der Waals surface area contributed by atoms with Gasteiger partial charge in [0.15, 0.2) is 11.6 Å². The molecule has 1 heterocycles. The molecule has 0 bridgehead atoms. The first kappa shape index (κ1) is 49.6. The van der Waals surface area contributed by atoms with E-state index < -0.39 is 77.5 Å². The van der Waals surface area contributed by atoms with Crippen LogP contribution in [0.25, 0.3) is 0 Å². The van der Waals surface area contributed by atoms with Crippen LogP contribution in [0.3, 0.4) is 0 Å². The van der Waals surface area contributed by atoms with E-state index in [1.807, 2.05) is 81.4 Å². The van der Waals surface area contributed by atoms with Gasteiger partial charge in [-0.1, -0.05) is 118 Å². The van der Waals surface area contributed by atoms with Gasteiger partial charge < -0.3 is 30.7 Å². The van der Waals surface area contributed by atoms with E-state index in [-0.39, 0.29) is 83.1 Å².